The molecule has 1 fully saturated rings. The van der Waals surface area contributed by atoms with Crippen LogP contribution in [0.15, 0.2) is 48.5 Å². The van der Waals surface area contributed by atoms with Crippen LogP contribution in [-0.4, -0.2) is 46.8 Å². The summed E-state index contributed by atoms with van der Waals surface area (Å²) >= 11 is 6.27. The summed E-state index contributed by atoms with van der Waals surface area (Å²) in [4.78, 5) is 15.4. The molecule has 5 nitrogen and oxygen atoms in total. The number of nitrogens with one attached hydrogen (secondary N) is 1. The van der Waals surface area contributed by atoms with Gasteiger partial charge < -0.3 is 10.2 Å². The predicted octanol–water partition coefficient (Wildman–Crippen LogP) is 5.30. The summed E-state index contributed by atoms with van der Waals surface area (Å²) in [5, 5.41) is 9.55. The van der Waals surface area contributed by atoms with Crippen molar-refractivity contribution in [2.24, 2.45) is 0 Å². The molecular weight excluding hydrogens is 408 g/mol. The smallest absolute Gasteiger partial charge is 0.244 e. The highest BCUT2D eigenvalue weighted by Crippen LogP contribution is 2.31. The predicted molar refractivity (Wildman–Crippen MR) is 127 cm³/mol. The summed E-state index contributed by atoms with van der Waals surface area (Å²) in [6.45, 7) is 6.02. The first-order valence-corrected chi connectivity index (χ1v) is 11.7. The van der Waals surface area contributed by atoms with E-state index < -0.39 is 6.04 Å². The van der Waals surface area contributed by atoms with Crippen molar-refractivity contribution in [3.05, 3.63) is 53.6 Å². The standard InChI is InChI=1S/C25H31ClN4O/c1-19(25(31)27-14-9-17-29-15-7-2-3-8-16-29)30-23-13-12-21(26)18-22(23)24(28-30)20-10-5-4-6-11-20/h4-6,10-13,18-19H,2-3,7-9,14-17H2,1H3,(H,27,31). The van der Waals surface area contributed by atoms with Crippen molar-refractivity contribution < 1.29 is 4.79 Å². The molecule has 2 heterocycles. The first-order chi connectivity index (χ1) is 15.1. The second-order valence-electron chi connectivity index (χ2n) is 8.40. The molecule has 1 aliphatic heterocycles. The van der Waals surface area contributed by atoms with Crippen molar-refractivity contribution in [1.82, 2.24) is 20.0 Å². The summed E-state index contributed by atoms with van der Waals surface area (Å²) in [5.74, 6) is -0.00479. The van der Waals surface area contributed by atoms with Gasteiger partial charge >= 0.3 is 0 Å². The minimum Gasteiger partial charge on any atom is -0.354 e. The maximum atomic E-state index is 12.9. The minimum atomic E-state index is -0.403. The van der Waals surface area contributed by atoms with E-state index in [2.05, 4.69) is 10.2 Å². The lowest BCUT2D eigenvalue weighted by molar-refractivity contribution is -0.124. The Hall–Kier alpha value is -2.37. The van der Waals surface area contributed by atoms with Crippen LogP contribution in [0.25, 0.3) is 22.2 Å². The van der Waals surface area contributed by atoms with Crippen LogP contribution in [0.1, 0.15) is 45.1 Å². The number of benzene rings is 2. The third kappa shape index (κ3) is 5.28. The van der Waals surface area contributed by atoms with E-state index in [1.165, 1.54) is 38.8 Å². The molecule has 0 spiro atoms. The molecule has 1 saturated heterocycles. The van der Waals surface area contributed by atoms with Crippen LogP contribution in [0.2, 0.25) is 5.02 Å². The molecule has 6 heteroatoms. The zero-order valence-electron chi connectivity index (χ0n) is 18.2. The minimum absolute atomic E-state index is 0.00479. The highest BCUT2D eigenvalue weighted by molar-refractivity contribution is 6.31. The molecule has 1 aliphatic rings. The number of likely N-dealkylation sites (tertiary alicyclic amines) is 1. The van der Waals surface area contributed by atoms with E-state index in [9.17, 15) is 4.79 Å². The topological polar surface area (TPSA) is 50.2 Å². The highest BCUT2D eigenvalue weighted by atomic mass is 35.5. The second-order valence-corrected chi connectivity index (χ2v) is 8.83. The van der Waals surface area contributed by atoms with Gasteiger partial charge in [0.05, 0.1) is 5.52 Å². The number of carbonyl (C=O) groups is 1. The molecule has 0 bridgehead atoms. The average Bonchev–Trinajstić information content (AvgIpc) is 2.96. The van der Waals surface area contributed by atoms with Gasteiger partial charge in [0.15, 0.2) is 0 Å². The second kappa shape index (κ2) is 10.3. The number of aromatic nitrogens is 2. The van der Waals surface area contributed by atoms with Gasteiger partial charge in [-0.05, 0) is 64.0 Å². The number of amides is 1. The van der Waals surface area contributed by atoms with E-state index in [1.54, 1.807) is 0 Å². The zero-order chi connectivity index (χ0) is 21.6. The third-order valence-corrected chi connectivity index (χ3v) is 6.35. The Morgan fingerprint density at radius 3 is 2.58 bits per heavy atom. The van der Waals surface area contributed by atoms with Crippen LogP contribution in [0.3, 0.4) is 0 Å². The monoisotopic (exact) mass is 438 g/mol. The van der Waals surface area contributed by atoms with Crippen molar-refractivity contribution >= 4 is 28.4 Å². The molecule has 1 N–H and O–H groups in total. The van der Waals surface area contributed by atoms with Crippen LogP contribution in [0.4, 0.5) is 0 Å². The molecule has 3 aromatic rings. The molecule has 1 aromatic heterocycles. The molecule has 0 saturated carbocycles. The molecule has 4 rings (SSSR count). The van der Waals surface area contributed by atoms with Crippen molar-refractivity contribution in [2.75, 3.05) is 26.2 Å². The molecule has 1 amide bonds. The molecule has 31 heavy (non-hydrogen) atoms. The number of fused-ring (bicyclic) bond motifs is 1. The number of hydrogen-bond donors (Lipinski definition) is 1. The number of nitrogens with zero attached hydrogens (tertiary/aromatic N) is 3. The van der Waals surface area contributed by atoms with Crippen molar-refractivity contribution in [3.8, 4) is 11.3 Å². The van der Waals surface area contributed by atoms with Crippen LogP contribution in [-0.2, 0) is 4.79 Å². The maximum absolute atomic E-state index is 12.9. The number of hydrogen-bond acceptors (Lipinski definition) is 3. The number of carbonyl (C=O) groups excluding carboxylic acids is 1. The summed E-state index contributed by atoms with van der Waals surface area (Å²) < 4.78 is 1.82. The van der Waals surface area contributed by atoms with Gasteiger partial charge in [-0.3, -0.25) is 9.48 Å². The summed E-state index contributed by atoms with van der Waals surface area (Å²) in [7, 11) is 0. The summed E-state index contributed by atoms with van der Waals surface area (Å²) in [6, 6.07) is 15.3. The lowest BCUT2D eigenvalue weighted by atomic mass is 10.1. The van der Waals surface area contributed by atoms with E-state index in [1.807, 2.05) is 60.1 Å². The Morgan fingerprint density at radius 2 is 1.84 bits per heavy atom. The van der Waals surface area contributed by atoms with Crippen LogP contribution in [0.5, 0.6) is 0 Å². The molecule has 0 radical (unpaired) electrons. The Morgan fingerprint density at radius 1 is 1.10 bits per heavy atom. The maximum Gasteiger partial charge on any atom is 0.244 e. The Bertz CT molecular complexity index is 1010. The van der Waals surface area contributed by atoms with Crippen molar-refractivity contribution in [3.63, 3.8) is 0 Å². The van der Waals surface area contributed by atoms with Gasteiger partial charge in [-0.25, -0.2) is 0 Å². The van der Waals surface area contributed by atoms with E-state index in [-0.39, 0.29) is 5.91 Å². The van der Waals surface area contributed by atoms with Gasteiger partial charge in [0.2, 0.25) is 5.91 Å². The van der Waals surface area contributed by atoms with E-state index in [4.69, 9.17) is 16.7 Å². The number of rotatable bonds is 7. The van der Waals surface area contributed by atoms with Crippen molar-refractivity contribution in [1.29, 1.82) is 0 Å². The fourth-order valence-corrected chi connectivity index (χ4v) is 4.52. The lowest BCUT2D eigenvalue weighted by Gasteiger charge is -2.20. The molecule has 1 atom stereocenters. The third-order valence-electron chi connectivity index (χ3n) is 6.11. The fourth-order valence-electron chi connectivity index (χ4n) is 4.35. The molecular formula is C25H31ClN4O. The molecule has 1 unspecified atom stereocenters. The van der Waals surface area contributed by atoms with Gasteiger partial charge in [-0.1, -0.05) is 54.8 Å². The SMILES string of the molecule is CC(C(=O)NCCCN1CCCCCC1)n1nc(-c2ccccc2)c2cc(Cl)ccc21. The molecule has 164 valence electrons. The first-order valence-electron chi connectivity index (χ1n) is 11.4. The average molecular weight is 439 g/mol. The normalized spacial score (nSPS) is 16.2. The number of halogens is 1. The quantitative estimate of drug-likeness (QED) is 0.509. The Kier molecular flexibility index (Phi) is 7.25. The van der Waals surface area contributed by atoms with Gasteiger partial charge in [0.25, 0.3) is 0 Å². The van der Waals surface area contributed by atoms with E-state index >= 15 is 0 Å². The highest BCUT2D eigenvalue weighted by Gasteiger charge is 2.21. The van der Waals surface area contributed by atoms with Crippen molar-refractivity contribution in [2.45, 2.75) is 45.1 Å². The lowest BCUT2D eigenvalue weighted by Crippen LogP contribution is -2.34. The van der Waals surface area contributed by atoms with Gasteiger partial charge in [0.1, 0.15) is 11.7 Å². The van der Waals surface area contributed by atoms with E-state index in [0.717, 1.165) is 35.1 Å². The summed E-state index contributed by atoms with van der Waals surface area (Å²) in [5.41, 5.74) is 2.77. The Labute approximate surface area is 189 Å². The Balaban J connectivity index is 1.44. The first kappa shape index (κ1) is 21.8. The zero-order valence-corrected chi connectivity index (χ0v) is 18.9. The van der Waals surface area contributed by atoms with E-state index in [0.29, 0.717) is 11.6 Å². The van der Waals surface area contributed by atoms with Gasteiger partial charge in [-0.15, -0.1) is 0 Å². The fraction of sp³-hybridized carbons (Fsp3) is 0.440. The molecule has 2 aromatic carbocycles. The largest absolute Gasteiger partial charge is 0.354 e. The van der Waals surface area contributed by atoms with Gasteiger partial charge in [-0.2, -0.15) is 5.10 Å². The van der Waals surface area contributed by atoms with Gasteiger partial charge in [0, 0.05) is 22.5 Å². The van der Waals surface area contributed by atoms with Crippen LogP contribution in [0, 0.1) is 0 Å². The van der Waals surface area contributed by atoms with Crippen LogP contribution < -0.4 is 5.32 Å². The summed E-state index contributed by atoms with van der Waals surface area (Å²) in [6.07, 6.45) is 6.26. The molecule has 0 aliphatic carbocycles. The van der Waals surface area contributed by atoms with Crippen LogP contribution >= 0.6 is 11.6 Å².